The summed E-state index contributed by atoms with van der Waals surface area (Å²) >= 11 is 0. The molecule has 1 saturated carbocycles. The summed E-state index contributed by atoms with van der Waals surface area (Å²) in [5.41, 5.74) is 0.665. The second-order valence-corrected chi connectivity index (χ2v) is 9.35. The third kappa shape index (κ3) is 4.81. The zero-order chi connectivity index (χ0) is 23.5. The van der Waals surface area contributed by atoms with Crippen LogP contribution in [0.2, 0.25) is 0 Å². The van der Waals surface area contributed by atoms with Crippen LogP contribution in [0.25, 0.3) is 0 Å². The summed E-state index contributed by atoms with van der Waals surface area (Å²) in [4.78, 5) is 30.6. The van der Waals surface area contributed by atoms with E-state index in [9.17, 15) is 9.59 Å². The molecule has 0 bridgehead atoms. The number of hydrogen-bond acceptors (Lipinski definition) is 7. The summed E-state index contributed by atoms with van der Waals surface area (Å²) in [5, 5.41) is 2.05. The normalized spacial score (nSPS) is 29.0. The van der Waals surface area contributed by atoms with E-state index in [1.165, 1.54) is 0 Å². The summed E-state index contributed by atoms with van der Waals surface area (Å²) in [7, 11) is 0. The predicted octanol–water partition coefficient (Wildman–Crippen LogP) is 4.86. The van der Waals surface area contributed by atoms with E-state index in [1.807, 2.05) is 66.6 Å². The highest BCUT2D eigenvalue weighted by molar-refractivity contribution is 5.72. The van der Waals surface area contributed by atoms with Crippen molar-refractivity contribution in [1.82, 2.24) is 5.06 Å². The molecule has 0 aromatic heterocycles. The second kappa shape index (κ2) is 9.76. The minimum absolute atomic E-state index is 0.145. The molecule has 3 aliphatic rings. The maximum Gasteiger partial charge on any atom is 0.309 e. The molecule has 1 aliphatic carbocycles. The first kappa shape index (κ1) is 22.9. The molecule has 2 aromatic carbocycles. The maximum atomic E-state index is 12.9. The molecule has 7 nitrogen and oxygen atoms in total. The van der Waals surface area contributed by atoms with Crippen molar-refractivity contribution < 1.29 is 28.6 Å². The molecule has 2 saturated heterocycles. The van der Waals surface area contributed by atoms with Crippen molar-refractivity contribution in [1.29, 1.82) is 0 Å². The Balaban J connectivity index is 1.15. The fraction of sp³-hybridized carbons (Fsp3) is 0.481. The Labute approximate surface area is 199 Å². The smallest absolute Gasteiger partial charge is 0.309 e. The summed E-state index contributed by atoms with van der Waals surface area (Å²) in [6, 6.07) is 17.2. The summed E-state index contributed by atoms with van der Waals surface area (Å²) in [5.74, 6) is 1.59. The molecule has 5 unspecified atom stereocenters. The molecule has 2 heterocycles. The largest absolute Gasteiger partial charge is 0.466 e. The van der Waals surface area contributed by atoms with Crippen molar-refractivity contribution in [3.63, 3.8) is 0 Å². The minimum atomic E-state index is -0.223. The molecule has 7 heteroatoms. The molecule has 34 heavy (non-hydrogen) atoms. The van der Waals surface area contributed by atoms with Gasteiger partial charge in [-0.15, -0.1) is 0 Å². The number of hydrogen-bond donors (Lipinski definition) is 0. The highest BCUT2D eigenvalue weighted by atomic mass is 16.9. The van der Waals surface area contributed by atoms with Gasteiger partial charge in [-0.2, -0.15) is 5.06 Å². The number of para-hydroxylation sites is 1. The van der Waals surface area contributed by atoms with Gasteiger partial charge in [-0.3, -0.25) is 14.4 Å². The van der Waals surface area contributed by atoms with E-state index in [2.05, 4.69) is 0 Å². The standard InChI is InChI=1S/C27H31NO6/c1-2-31-25(29)12-11-21-17-28-27(34-28)14-13-20(16-24(21)27)26(30)32-18-19-7-6-10-23(15-19)33-22-8-4-3-5-9-22/h3-10,15,20-21,24H,2,11-14,16-18H2,1H3. The fourth-order valence-electron chi connectivity index (χ4n) is 5.50. The molecular formula is C27H31NO6. The van der Waals surface area contributed by atoms with E-state index < -0.39 is 0 Å². The van der Waals surface area contributed by atoms with Crippen LogP contribution in [0.4, 0.5) is 0 Å². The summed E-state index contributed by atoms with van der Waals surface area (Å²) < 4.78 is 16.7. The zero-order valence-electron chi connectivity index (χ0n) is 19.5. The van der Waals surface area contributed by atoms with Gasteiger partial charge in [0.15, 0.2) is 5.72 Å². The molecular weight excluding hydrogens is 434 g/mol. The SMILES string of the molecule is CCOC(=O)CCC1CN2OC23CCC(C(=O)OCc2cccc(Oc4ccccc4)c2)CC13. The quantitative estimate of drug-likeness (QED) is 0.387. The first-order chi connectivity index (χ1) is 16.6. The number of nitrogens with zero attached hydrogens (tertiary/aromatic N) is 1. The first-order valence-electron chi connectivity index (χ1n) is 12.2. The average Bonchev–Trinajstić information content (AvgIpc) is 3.44. The van der Waals surface area contributed by atoms with Crippen molar-refractivity contribution in [2.45, 2.75) is 51.4 Å². The van der Waals surface area contributed by atoms with Crippen LogP contribution in [-0.4, -0.2) is 35.9 Å². The monoisotopic (exact) mass is 465 g/mol. The van der Waals surface area contributed by atoms with Gasteiger partial charge in [0.25, 0.3) is 0 Å². The van der Waals surface area contributed by atoms with Crippen molar-refractivity contribution in [2.24, 2.45) is 17.8 Å². The Morgan fingerprint density at radius 2 is 1.91 bits per heavy atom. The van der Waals surface area contributed by atoms with Gasteiger partial charge in [0.1, 0.15) is 18.1 Å². The molecule has 3 fully saturated rings. The van der Waals surface area contributed by atoms with Gasteiger partial charge in [0.05, 0.1) is 12.5 Å². The van der Waals surface area contributed by atoms with Crippen molar-refractivity contribution >= 4 is 11.9 Å². The van der Waals surface area contributed by atoms with Crippen LogP contribution in [-0.2, 0) is 30.5 Å². The Morgan fingerprint density at radius 3 is 2.74 bits per heavy atom. The topological polar surface area (TPSA) is 77.4 Å². The van der Waals surface area contributed by atoms with E-state index in [-0.39, 0.29) is 36.1 Å². The van der Waals surface area contributed by atoms with E-state index in [4.69, 9.17) is 19.0 Å². The lowest BCUT2D eigenvalue weighted by atomic mass is 9.72. The molecule has 5 atom stereocenters. The Morgan fingerprint density at radius 1 is 1.09 bits per heavy atom. The Kier molecular flexibility index (Phi) is 6.57. The van der Waals surface area contributed by atoms with Gasteiger partial charge in [0.2, 0.25) is 0 Å². The van der Waals surface area contributed by atoms with Crippen LogP contribution in [0.15, 0.2) is 54.6 Å². The van der Waals surface area contributed by atoms with Crippen LogP contribution < -0.4 is 4.74 Å². The summed E-state index contributed by atoms with van der Waals surface area (Å²) in [6.07, 6.45) is 3.50. The highest BCUT2D eigenvalue weighted by Crippen LogP contribution is 2.60. The lowest BCUT2D eigenvalue weighted by Gasteiger charge is -2.33. The predicted molar refractivity (Wildman–Crippen MR) is 123 cm³/mol. The van der Waals surface area contributed by atoms with Crippen molar-refractivity contribution in [2.75, 3.05) is 13.2 Å². The molecule has 0 radical (unpaired) electrons. The number of hydroxylamine groups is 2. The number of benzene rings is 2. The van der Waals surface area contributed by atoms with Gasteiger partial charge in [0, 0.05) is 18.9 Å². The van der Waals surface area contributed by atoms with Crippen LogP contribution in [0.5, 0.6) is 11.5 Å². The molecule has 2 aromatic rings. The Hall–Kier alpha value is -2.90. The lowest BCUT2D eigenvalue weighted by Crippen LogP contribution is -2.37. The van der Waals surface area contributed by atoms with E-state index in [0.29, 0.717) is 24.7 Å². The van der Waals surface area contributed by atoms with E-state index in [1.54, 1.807) is 0 Å². The molecule has 180 valence electrons. The van der Waals surface area contributed by atoms with Gasteiger partial charge < -0.3 is 14.2 Å². The lowest BCUT2D eigenvalue weighted by molar-refractivity contribution is -0.153. The van der Waals surface area contributed by atoms with Crippen LogP contribution in [0.1, 0.15) is 44.6 Å². The van der Waals surface area contributed by atoms with E-state index >= 15 is 0 Å². The van der Waals surface area contributed by atoms with Crippen molar-refractivity contribution in [3.8, 4) is 11.5 Å². The second-order valence-electron chi connectivity index (χ2n) is 9.35. The van der Waals surface area contributed by atoms with Gasteiger partial charge in [-0.1, -0.05) is 30.3 Å². The van der Waals surface area contributed by atoms with Gasteiger partial charge in [-0.25, -0.2) is 0 Å². The van der Waals surface area contributed by atoms with Gasteiger partial charge in [-0.05, 0) is 68.4 Å². The number of carbonyl (C=O) groups is 2. The number of ether oxygens (including phenoxy) is 3. The molecule has 0 amide bonds. The third-order valence-corrected chi connectivity index (χ3v) is 7.21. The van der Waals surface area contributed by atoms with E-state index in [0.717, 1.165) is 43.5 Å². The fourth-order valence-corrected chi connectivity index (χ4v) is 5.50. The third-order valence-electron chi connectivity index (χ3n) is 7.21. The first-order valence-corrected chi connectivity index (χ1v) is 12.2. The van der Waals surface area contributed by atoms with Crippen LogP contribution in [0, 0.1) is 17.8 Å². The molecule has 5 rings (SSSR count). The number of esters is 2. The van der Waals surface area contributed by atoms with Crippen LogP contribution >= 0.6 is 0 Å². The molecule has 0 N–H and O–H groups in total. The number of carbonyl (C=O) groups excluding carboxylic acids is 2. The Bertz CT molecular complexity index is 1030. The minimum Gasteiger partial charge on any atom is -0.466 e. The maximum absolute atomic E-state index is 12.9. The van der Waals surface area contributed by atoms with Crippen molar-refractivity contribution in [3.05, 3.63) is 60.2 Å². The zero-order valence-corrected chi connectivity index (χ0v) is 19.5. The average molecular weight is 466 g/mol. The molecule has 2 aliphatic heterocycles. The highest BCUT2D eigenvalue weighted by Gasteiger charge is 2.69. The van der Waals surface area contributed by atoms with Gasteiger partial charge >= 0.3 is 11.9 Å². The van der Waals surface area contributed by atoms with Crippen LogP contribution in [0.3, 0.4) is 0 Å². The number of rotatable bonds is 9. The molecule has 1 spiro atoms. The summed E-state index contributed by atoms with van der Waals surface area (Å²) in [6.45, 7) is 3.26.